The Morgan fingerprint density at radius 3 is 1.76 bits per heavy atom. The summed E-state index contributed by atoms with van der Waals surface area (Å²) in [4.78, 5) is 26.9. The lowest BCUT2D eigenvalue weighted by Gasteiger charge is -2.26. The minimum Gasteiger partial charge on any atom is -0.351 e. The number of Topliss-reactive ketones (excluding diaryl/α,β-unsaturated/α-hetero) is 1. The van der Waals surface area contributed by atoms with Crippen LogP contribution in [0.1, 0.15) is 59.1 Å². The molecule has 1 amide bonds. The molecule has 2 aliphatic heterocycles. The van der Waals surface area contributed by atoms with E-state index in [4.69, 9.17) is 18.9 Å². The first-order valence-corrected chi connectivity index (χ1v) is 13.5. The van der Waals surface area contributed by atoms with Crippen LogP contribution >= 0.6 is 0 Å². The average Bonchev–Trinajstić information content (AvgIpc) is 3.35. The molecule has 2 saturated heterocycles. The van der Waals surface area contributed by atoms with Gasteiger partial charge in [0, 0.05) is 12.5 Å². The van der Waals surface area contributed by atoms with Crippen molar-refractivity contribution in [3.8, 4) is 0 Å². The fourth-order valence-corrected chi connectivity index (χ4v) is 5.40. The zero-order chi connectivity index (χ0) is 27.5. The number of hydrogen-bond donors (Lipinski definition) is 1. The van der Waals surface area contributed by atoms with Crippen LogP contribution < -0.4 is 5.32 Å². The number of amides is 1. The van der Waals surface area contributed by atoms with Crippen molar-refractivity contribution in [3.05, 3.63) is 71.8 Å². The fourth-order valence-electron chi connectivity index (χ4n) is 5.40. The van der Waals surface area contributed by atoms with Crippen molar-refractivity contribution in [1.82, 2.24) is 5.32 Å². The van der Waals surface area contributed by atoms with Crippen LogP contribution in [0.4, 0.5) is 0 Å². The zero-order valence-electron chi connectivity index (χ0n) is 23.3. The molecule has 2 aliphatic rings. The van der Waals surface area contributed by atoms with Gasteiger partial charge in [0.15, 0.2) is 23.5 Å². The van der Waals surface area contributed by atoms with E-state index in [-0.39, 0.29) is 23.7 Å². The van der Waals surface area contributed by atoms with Crippen molar-refractivity contribution in [1.29, 1.82) is 0 Å². The topological polar surface area (TPSA) is 83.1 Å². The smallest absolute Gasteiger partial charge is 0.252 e. The lowest BCUT2D eigenvalue weighted by molar-refractivity contribution is -0.175. The van der Waals surface area contributed by atoms with Crippen molar-refractivity contribution in [2.45, 2.75) is 103 Å². The molecule has 0 unspecified atom stereocenters. The maximum Gasteiger partial charge on any atom is 0.252 e. The average molecular weight is 524 g/mol. The molecule has 1 N–H and O–H groups in total. The lowest BCUT2D eigenvalue weighted by atomic mass is 9.91. The molecule has 0 saturated carbocycles. The molecular weight excluding hydrogens is 482 g/mol. The molecular formula is C31H41NO6. The summed E-state index contributed by atoms with van der Waals surface area (Å²) in [5.41, 5.74) is 2.31. The van der Waals surface area contributed by atoms with Crippen molar-refractivity contribution < 1.29 is 28.5 Å². The van der Waals surface area contributed by atoms with Gasteiger partial charge in [0.1, 0.15) is 18.3 Å². The number of ketones is 1. The highest BCUT2D eigenvalue weighted by Gasteiger charge is 2.57. The summed E-state index contributed by atoms with van der Waals surface area (Å²) in [6, 6.07) is 20.0. The second-order valence-electron chi connectivity index (χ2n) is 11.6. The van der Waals surface area contributed by atoms with E-state index >= 15 is 0 Å². The van der Waals surface area contributed by atoms with Crippen LogP contribution in [0, 0.1) is 5.92 Å². The molecule has 2 heterocycles. The monoisotopic (exact) mass is 523 g/mol. The summed E-state index contributed by atoms with van der Waals surface area (Å²) >= 11 is 0. The van der Waals surface area contributed by atoms with Gasteiger partial charge in [-0.15, -0.1) is 0 Å². The first-order chi connectivity index (χ1) is 17.9. The highest BCUT2D eigenvalue weighted by Crippen LogP contribution is 2.39. The van der Waals surface area contributed by atoms with E-state index in [0.29, 0.717) is 12.8 Å². The molecule has 0 radical (unpaired) electrons. The Labute approximate surface area is 226 Å². The summed E-state index contributed by atoms with van der Waals surface area (Å²) in [6.07, 6.45) is -1.57. The molecule has 0 aliphatic carbocycles. The molecule has 4 rings (SSSR count). The third-order valence-electron chi connectivity index (χ3n) is 6.91. The van der Waals surface area contributed by atoms with Crippen LogP contribution in [-0.4, -0.2) is 53.7 Å². The van der Waals surface area contributed by atoms with Gasteiger partial charge < -0.3 is 24.3 Å². The van der Waals surface area contributed by atoms with Gasteiger partial charge in [-0.25, -0.2) is 0 Å². The predicted octanol–water partition coefficient (Wildman–Crippen LogP) is 4.61. The van der Waals surface area contributed by atoms with Gasteiger partial charge in [-0.1, -0.05) is 67.6 Å². The van der Waals surface area contributed by atoms with Crippen molar-refractivity contribution in [3.63, 3.8) is 0 Å². The van der Waals surface area contributed by atoms with E-state index in [9.17, 15) is 9.59 Å². The van der Waals surface area contributed by atoms with Gasteiger partial charge in [0.25, 0.3) is 5.91 Å². The van der Waals surface area contributed by atoms with Crippen LogP contribution in [0.5, 0.6) is 0 Å². The van der Waals surface area contributed by atoms with Crippen molar-refractivity contribution in [2.24, 2.45) is 5.92 Å². The highest BCUT2D eigenvalue weighted by molar-refractivity contribution is 5.85. The molecule has 206 valence electrons. The van der Waals surface area contributed by atoms with Gasteiger partial charge in [-0.2, -0.15) is 0 Å². The summed E-state index contributed by atoms with van der Waals surface area (Å²) < 4.78 is 24.6. The van der Waals surface area contributed by atoms with Crippen LogP contribution in [0.2, 0.25) is 0 Å². The summed E-state index contributed by atoms with van der Waals surface area (Å²) in [5.74, 6) is -2.24. The molecule has 0 spiro atoms. The van der Waals surface area contributed by atoms with E-state index in [1.54, 1.807) is 27.7 Å². The fraction of sp³-hybridized carbons (Fsp3) is 0.548. The quantitative estimate of drug-likeness (QED) is 0.490. The Balaban J connectivity index is 1.46. The normalized spacial score (nSPS) is 27.5. The molecule has 0 aromatic heterocycles. The zero-order valence-corrected chi connectivity index (χ0v) is 23.3. The van der Waals surface area contributed by atoms with Crippen molar-refractivity contribution in [2.75, 3.05) is 0 Å². The van der Waals surface area contributed by atoms with E-state index in [2.05, 4.69) is 24.4 Å². The number of nitrogens with one attached hydrogen (secondary N) is 1. The predicted molar refractivity (Wildman–Crippen MR) is 144 cm³/mol. The van der Waals surface area contributed by atoms with Crippen LogP contribution in [0.3, 0.4) is 0 Å². The number of rotatable bonds is 10. The minimum absolute atomic E-state index is 0.0612. The van der Waals surface area contributed by atoms with Crippen LogP contribution in [-0.2, 0) is 41.4 Å². The number of hydrogen-bond acceptors (Lipinski definition) is 6. The Bertz CT molecular complexity index is 999. The van der Waals surface area contributed by atoms with Crippen molar-refractivity contribution >= 4 is 11.7 Å². The molecule has 38 heavy (non-hydrogen) atoms. The molecule has 2 fully saturated rings. The number of carbonyl (C=O) groups is 2. The largest absolute Gasteiger partial charge is 0.351 e. The molecule has 6 atom stereocenters. The number of ether oxygens (including phenoxy) is 4. The second kappa shape index (κ2) is 11.7. The second-order valence-corrected chi connectivity index (χ2v) is 11.6. The van der Waals surface area contributed by atoms with Gasteiger partial charge >= 0.3 is 0 Å². The maximum absolute atomic E-state index is 13.5. The first-order valence-electron chi connectivity index (χ1n) is 13.5. The Morgan fingerprint density at radius 2 is 1.21 bits per heavy atom. The Kier molecular flexibility index (Phi) is 8.72. The molecule has 2 aromatic rings. The third kappa shape index (κ3) is 7.29. The number of benzene rings is 2. The van der Waals surface area contributed by atoms with E-state index in [1.807, 2.05) is 55.5 Å². The van der Waals surface area contributed by atoms with E-state index in [0.717, 1.165) is 12.0 Å². The summed E-state index contributed by atoms with van der Waals surface area (Å²) in [5, 5.41) is 3.06. The molecule has 7 heteroatoms. The number of carbonyl (C=O) groups excluding carboxylic acids is 2. The van der Waals surface area contributed by atoms with Gasteiger partial charge in [-0.3, -0.25) is 9.59 Å². The standard InChI is InChI=1S/C31H41NO6/c1-20(17-22-13-9-7-10-14-22)18-24(33)25-26(36-30(3,4)35-25)27-28(38-31(5,6)37-27)29(34)32-21(2)19-23-15-11-8-12-16-23/h7-16,20-21,25-28H,17-19H2,1-6H3,(H,32,34)/t20-,21-,25+,26-,27-,28+/m0/s1. The molecule has 0 bridgehead atoms. The summed E-state index contributed by atoms with van der Waals surface area (Å²) in [7, 11) is 0. The van der Waals surface area contributed by atoms with Crippen LogP contribution in [0.25, 0.3) is 0 Å². The maximum atomic E-state index is 13.5. The van der Waals surface area contributed by atoms with Gasteiger partial charge in [-0.05, 0) is 64.5 Å². The van der Waals surface area contributed by atoms with E-state index in [1.165, 1.54) is 5.56 Å². The third-order valence-corrected chi connectivity index (χ3v) is 6.91. The van der Waals surface area contributed by atoms with Crippen LogP contribution in [0.15, 0.2) is 60.7 Å². The van der Waals surface area contributed by atoms with Gasteiger partial charge in [0.2, 0.25) is 0 Å². The SMILES string of the molecule is C[C@H](CC(=O)[C@H]1OC(C)(C)O[C@@H]1[C@@H]1OC(C)(C)O[C@H]1C(=O)N[C@@H](C)Cc1ccccc1)Cc1ccccc1. The van der Waals surface area contributed by atoms with Gasteiger partial charge in [0.05, 0.1) is 0 Å². The lowest BCUT2D eigenvalue weighted by Crippen LogP contribution is -2.51. The molecule has 7 nitrogen and oxygen atoms in total. The molecule has 2 aromatic carbocycles. The summed E-state index contributed by atoms with van der Waals surface area (Å²) in [6.45, 7) is 11.1. The minimum atomic E-state index is -1.01. The Hall–Kier alpha value is -2.58. The Morgan fingerprint density at radius 1 is 0.737 bits per heavy atom. The first kappa shape index (κ1) is 28.4. The van der Waals surface area contributed by atoms with E-state index < -0.39 is 36.0 Å². The highest BCUT2D eigenvalue weighted by atomic mass is 16.8.